The molecule has 0 fully saturated rings. The molecule has 1 aromatic heterocycles. The number of alkyl halides is 2. The summed E-state index contributed by atoms with van der Waals surface area (Å²) >= 11 is 0. The second kappa shape index (κ2) is 8.57. The molecule has 0 saturated heterocycles. The number of hydrogen-bond donors (Lipinski definition) is 4. The van der Waals surface area contributed by atoms with Gasteiger partial charge in [0.2, 0.25) is 0 Å². The molecule has 1 aromatic carbocycles. The van der Waals surface area contributed by atoms with Gasteiger partial charge in [0.1, 0.15) is 11.6 Å². The molecule has 0 aliphatic rings. The molecule has 140 valence electrons. The van der Waals surface area contributed by atoms with Crippen LogP contribution >= 0.6 is 0 Å². The number of aromatic nitrogens is 1. The van der Waals surface area contributed by atoms with Gasteiger partial charge in [0.05, 0.1) is 12.2 Å². The SMILES string of the molecule is CCC(=N)c1c(NCCO)ccnc1Nc1ccc(OC(C)(F)F)cc1. The Kier molecular flexibility index (Phi) is 6.46. The highest BCUT2D eigenvalue weighted by Crippen LogP contribution is 2.28. The topological polar surface area (TPSA) is 90.3 Å². The second-order valence-electron chi connectivity index (χ2n) is 5.62. The van der Waals surface area contributed by atoms with Gasteiger partial charge in [-0.3, -0.25) is 0 Å². The zero-order chi connectivity index (χ0) is 19.2. The van der Waals surface area contributed by atoms with Crippen molar-refractivity contribution in [1.29, 1.82) is 5.41 Å². The number of benzene rings is 1. The first-order valence-electron chi connectivity index (χ1n) is 8.19. The van der Waals surface area contributed by atoms with Crippen LogP contribution in [0.15, 0.2) is 36.5 Å². The van der Waals surface area contributed by atoms with Gasteiger partial charge in [-0.05, 0) is 36.8 Å². The van der Waals surface area contributed by atoms with Crippen molar-refractivity contribution >= 4 is 22.9 Å². The predicted octanol–water partition coefficient (Wildman–Crippen LogP) is 4.00. The molecule has 0 aliphatic heterocycles. The van der Waals surface area contributed by atoms with Crippen molar-refractivity contribution in [3.8, 4) is 5.75 Å². The maximum absolute atomic E-state index is 12.9. The van der Waals surface area contributed by atoms with Gasteiger partial charge >= 0.3 is 6.11 Å². The third-order valence-electron chi connectivity index (χ3n) is 3.45. The fourth-order valence-electron chi connectivity index (χ4n) is 2.33. The van der Waals surface area contributed by atoms with Gasteiger partial charge in [-0.25, -0.2) is 4.98 Å². The van der Waals surface area contributed by atoms with Crippen molar-refractivity contribution in [2.75, 3.05) is 23.8 Å². The largest absolute Gasteiger partial charge is 0.433 e. The molecule has 0 unspecified atom stereocenters. The predicted molar refractivity (Wildman–Crippen MR) is 97.9 cm³/mol. The zero-order valence-corrected chi connectivity index (χ0v) is 14.6. The molecule has 0 atom stereocenters. The Morgan fingerprint density at radius 3 is 2.54 bits per heavy atom. The van der Waals surface area contributed by atoms with E-state index in [1.54, 1.807) is 24.4 Å². The van der Waals surface area contributed by atoms with Crippen LogP contribution < -0.4 is 15.4 Å². The quantitative estimate of drug-likeness (QED) is 0.505. The van der Waals surface area contributed by atoms with E-state index in [4.69, 9.17) is 10.5 Å². The number of aliphatic hydroxyl groups excluding tert-OH is 1. The van der Waals surface area contributed by atoms with Crippen molar-refractivity contribution < 1.29 is 18.6 Å². The lowest BCUT2D eigenvalue weighted by Crippen LogP contribution is -2.18. The fraction of sp³-hybridized carbons (Fsp3) is 0.333. The van der Waals surface area contributed by atoms with Gasteiger partial charge in [-0.2, -0.15) is 8.78 Å². The summed E-state index contributed by atoms with van der Waals surface area (Å²) in [6.07, 6.45) is -1.15. The summed E-state index contributed by atoms with van der Waals surface area (Å²) in [5, 5.41) is 23.4. The van der Waals surface area contributed by atoms with E-state index in [1.807, 2.05) is 6.92 Å². The number of halogens is 2. The van der Waals surface area contributed by atoms with Crippen LogP contribution in [-0.4, -0.2) is 35.1 Å². The summed E-state index contributed by atoms with van der Waals surface area (Å²) < 4.78 is 30.3. The van der Waals surface area contributed by atoms with Crippen molar-refractivity contribution in [2.24, 2.45) is 0 Å². The van der Waals surface area contributed by atoms with E-state index in [0.29, 0.717) is 48.4 Å². The van der Waals surface area contributed by atoms with Crippen LogP contribution in [0.5, 0.6) is 5.75 Å². The molecule has 0 saturated carbocycles. The average Bonchev–Trinajstić information content (AvgIpc) is 2.60. The number of pyridine rings is 1. The number of rotatable bonds is 9. The van der Waals surface area contributed by atoms with Crippen molar-refractivity contribution in [3.05, 3.63) is 42.1 Å². The molecule has 0 spiro atoms. The Bertz CT molecular complexity index is 746. The number of anilines is 3. The summed E-state index contributed by atoms with van der Waals surface area (Å²) in [5.41, 5.74) is 2.29. The number of nitrogens with one attached hydrogen (secondary N) is 3. The maximum atomic E-state index is 12.9. The number of aliphatic hydroxyl groups is 1. The van der Waals surface area contributed by atoms with Crippen LogP contribution in [0.1, 0.15) is 25.8 Å². The van der Waals surface area contributed by atoms with Gasteiger partial charge in [-0.15, -0.1) is 0 Å². The Labute approximate surface area is 150 Å². The highest BCUT2D eigenvalue weighted by atomic mass is 19.3. The molecule has 2 aromatic rings. The first-order chi connectivity index (χ1) is 12.3. The second-order valence-corrected chi connectivity index (χ2v) is 5.62. The lowest BCUT2D eigenvalue weighted by Gasteiger charge is -2.17. The number of nitrogens with zero attached hydrogens (tertiary/aromatic N) is 1. The van der Waals surface area contributed by atoms with Crippen LogP contribution in [0.2, 0.25) is 0 Å². The Balaban J connectivity index is 2.26. The summed E-state index contributed by atoms with van der Waals surface area (Å²) in [7, 11) is 0. The van der Waals surface area contributed by atoms with Crippen LogP contribution in [0.3, 0.4) is 0 Å². The van der Waals surface area contributed by atoms with Crippen LogP contribution in [0, 0.1) is 5.41 Å². The molecule has 0 amide bonds. The van der Waals surface area contributed by atoms with Crippen LogP contribution in [0.4, 0.5) is 26.0 Å². The monoisotopic (exact) mass is 364 g/mol. The van der Waals surface area contributed by atoms with Crippen molar-refractivity contribution in [3.63, 3.8) is 0 Å². The van der Waals surface area contributed by atoms with Gasteiger partial charge < -0.3 is 25.9 Å². The zero-order valence-electron chi connectivity index (χ0n) is 14.6. The number of ether oxygens (including phenoxy) is 1. The molecule has 6 nitrogen and oxygen atoms in total. The first kappa shape index (κ1) is 19.6. The molecule has 2 rings (SSSR count). The third-order valence-corrected chi connectivity index (χ3v) is 3.45. The Morgan fingerprint density at radius 2 is 1.96 bits per heavy atom. The van der Waals surface area contributed by atoms with E-state index >= 15 is 0 Å². The lowest BCUT2D eigenvalue weighted by molar-refractivity contribution is -0.158. The van der Waals surface area contributed by atoms with Gasteiger partial charge in [0.25, 0.3) is 0 Å². The van der Waals surface area contributed by atoms with Gasteiger partial charge in [-0.1, -0.05) is 6.92 Å². The van der Waals surface area contributed by atoms with Crippen LogP contribution in [-0.2, 0) is 0 Å². The molecule has 1 heterocycles. The molecule has 8 heteroatoms. The van der Waals surface area contributed by atoms with E-state index < -0.39 is 6.11 Å². The molecular weight excluding hydrogens is 342 g/mol. The molecule has 26 heavy (non-hydrogen) atoms. The van der Waals surface area contributed by atoms with Gasteiger partial charge in [0, 0.05) is 36.8 Å². The van der Waals surface area contributed by atoms with Crippen molar-refractivity contribution in [1.82, 2.24) is 4.98 Å². The lowest BCUT2D eigenvalue weighted by atomic mass is 10.1. The average molecular weight is 364 g/mol. The normalized spacial score (nSPS) is 11.1. The highest BCUT2D eigenvalue weighted by molar-refractivity contribution is 6.07. The minimum absolute atomic E-state index is 0.0342. The Morgan fingerprint density at radius 1 is 1.27 bits per heavy atom. The van der Waals surface area contributed by atoms with Crippen molar-refractivity contribution in [2.45, 2.75) is 26.4 Å². The molecule has 0 bridgehead atoms. The highest BCUT2D eigenvalue weighted by Gasteiger charge is 2.23. The van der Waals surface area contributed by atoms with E-state index in [1.165, 1.54) is 12.1 Å². The molecule has 4 N–H and O–H groups in total. The van der Waals surface area contributed by atoms with Crippen LogP contribution in [0.25, 0.3) is 0 Å². The van der Waals surface area contributed by atoms with E-state index in [0.717, 1.165) is 0 Å². The van der Waals surface area contributed by atoms with E-state index in [-0.39, 0.29) is 12.4 Å². The smallest absolute Gasteiger partial charge is 0.394 e. The molecular formula is C18H22F2N4O2. The van der Waals surface area contributed by atoms with E-state index in [2.05, 4.69) is 20.4 Å². The fourth-order valence-corrected chi connectivity index (χ4v) is 2.33. The Hall–Kier alpha value is -2.74. The summed E-state index contributed by atoms with van der Waals surface area (Å²) in [5.74, 6) is 0.519. The first-order valence-corrected chi connectivity index (χ1v) is 8.19. The number of hydrogen-bond acceptors (Lipinski definition) is 6. The minimum Gasteiger partial charge on any atom is -0.433 e. The summed E-state index contributed by atoms with van der Waals surface area (Å²) in [4.78, 5) is 4.29. The minimum atomic E-state index is -3.24. The summed E-state index contributed by atoms with van der Waals surface area (Å²) in [6.45, 7) is 2.86. The molecule has 0 aliphatic carbocycles. The maximum Gasteiger partial charge on any atom is 0.394 e. The van der Waals surface area contributed by atoms with E-state index in [9.17, 15) is 8.78 Å². The third kappa shape index (κ3) is 5.38. The molecule has 0 radical (unpaired) electrons. The standard InChI is InChI=1S/C18H22F2N4O2/c1-3-14(21)16-15(22-10-11-25)8-9-23-17(16)24-12-4-6-13(7-5-12)26-18(2,19)20/h4-9,21,25H,3,10-11H2,1-2H3,(H2,22,23,24). The summed E-state index contributed by atoms with van der Waals surface area (Å²) in [6, 6.07) is 7.78. The van der Waals surface area contributed by atoms with Gasteiger partial charge in [0.15, 0.2) is 0 Å².